The largest absolute Gasteiger partial charge is 0.0843 e. The van der Waals surface area contributed by atoms with Crippen molar-refractivity contribution in [3.05, 3.63) is 34.3 Å². The lowest BCUT2D eigenvalue weighted by molar-refractivity contribution is 0.854. The summed E-state index contributed by atoms with van der Waals surface area (Å²) in [5.41, 5.74) is 2.70. The molecule has 0 N–H and O–H groups in total. The molecule has 0 saturated carbocycles. The van der Waals surface area contributed by atoms with Crippen LogP contribution in [-0.2, 0) is 6.42 Å². The lowest BCUT2D eigenvalue weighted by Crippen LogP contribution is -1.91. The van der Waals surface area contributed by atoms with Gasteiger partial charge in [0, 0.05) is 5.02 Å². The van der Waals surface area contributed by atoms with Crippen molar-refractivity contribution in [2.45, 2.75) is 39.5 Å². The minimum absolute atomic E-state index is 0.564. The standard InChI is InChI=1S/C12H17Cl/c1-4-5-10-6-11(9(2)3)8-12(13)7-10/h6-9H,4-5H2,1-3H3. The molecule has 0 heterocycles. The number of rotatable bonds is 3. The van der Waals surface area contributed by atoms with Crippen molar-refractivity contribution in [3.63, 3.8) is 0 Å². The van der Waals surface area contributed by atoms with Gasteiger partial charge in [0.05, 0.1) is 0 Å². The van der Waals surface area contributed by atoms with Crippen LogP contribution in [0.1, 0.15) is 44.2 Å². The Hall–Kier alpha value is -0.490. The summed E-state index contributed by atoms with van der Waals surface area (Å²) in [5, 5.41) is 0.870. The molecule has 0 aromatic heterocycles. The third-order valence-electron chi connectivity index (χ3n) is 2.19. The minimum atomic E-state index is 0.564. The van der Waals surface area contributed by atoms with E-state index >= 15 is 0 Å². The molecule has 0 atom stereocenters. The number of hydrogen-bond acceptors (Lipinski definition) is 0. The minimum Gasteiger partial charge on any atom is -0.0843 e. The Kier molecular flexibility index (Phi) is 3.80. The van der Waals surface area contributed by atoms with E-state index in [1.165, 1.54) is 17.5 Å². The zero-order chi connectivity index (χ0) is 9.84. The second-order valence-electron chi connectivity index (χ2n) is 3.80. The van der Waals surface area contributed by atoms with Crippen LogP contribution in [0.5, 0.6) is 0 Å². The smallest absolute Gasteiger partial charge is 0.0411 e. The lowest BCUT2D eigenvalue weighted by Gasteiger charge is -2.08. The number of halogens is 1. The molecule has 0 nitrogen and oxygen atoms in total. The van der Waals surface area contributed by atoms with E-state index in [2.05, 4.69) is 39.0 Å². The molecule has 0 radical (unpaired) electrons. The van der Waals surface area contributed by atoms with Gasteiger partial charge in [-0.15, -0.1) is 0 Å². The average Bonchev–Trinajstić information content (AvgIpc) is 2.03. The molecule has 1 heteroatoms. The Morgan fingerprint density at radius 3 is 2.46 bits per heavy atom. The SMILES string of the molecule is CCCc1cc(Cl)cc(C(C)C)c1. The van der Waals surface area contributed by atoms with Crippen molar-refractivity contribution in [3.8, 4) is 0 Å². The van der Waals surface area contributed by atoms with Crippen LogP contribution >= 0.6 is 11.6 Å². The Bertz CT molecular complexity index is 276. The molecule has 0 unspecified atom stereocenters. The molecule has 72 valence electrons. The first-order valence-corrected chi connectivity index (χ1v) is 5.30. The fourth-order valence-electron chi connectivity index (χ4n) is 1.44. The van der Waals surface area contributed by atoms with Crippen molar-refractivity contribution in [2.24, 2.45) is 0 Å². The van der Waals surface area contributed by atoms with Crippen LogP contribution in [-0.4, -0.2) is 0 Å². The van der Waals surface area contributed by atoms with Gasteiger partial charge in [-0.3, -0.25) is 0 Å². The molecule has 0 fully saturated rings. The molecule has 0 amide bonds. The van der Waals surface area contributed by atoms with Gasteiger partial charge in [-0.25, -0.2) is 0 Å². The fourth-order valence-corrected chi connectivity index (χ4v) is 1.71. The Morgan fingerprint density at radius 1 is 1.23 bits per heavy atom. The molecule has 0 aliphatic heterocycles. The summed E-state index contributed by atoms with van der Waals surface area (Å²) in [5.74, 6) is 0.564. The zero-order valence-corrected chi connectivity index (χ0v) is 9.36. The summed E-state index contributed by atoms with van der Waals surface area (Å²) in [6.45, 7) is 6.58. The number of benzene rings is 1. The summed E-state index contributed by atoms with van der Waals surface area (Å²) < 4.78 is 0. The van der Waals surface area contributed by atoms with Gasteiger partial charge < -0.3 is 0 Å². The normalized spacial score (nSPS) is 10.8. The Morgan fingerprint density at radius 2 is 1.92 bits per heavy atom. The van der Waals surface area contributed by atoms with E-state index in [1.807, 2.05) is 0 Å². The average molecular weight is 197 g/mol. The third-order valence-corrected chi connectivity index (χ3v) is 2.40. The van der Waals surface area contributed by atoms with Gasteiger partial charge in [0.2, 0.25) is 0 Å². The topological polar surface area (TPSA) is 0 Å². The van der Waals surface area contributed by atoms with Crippen molar-refractivity contribution in [1.29, 1.82) is 0 Å². The van der Waals surface area contributed by atoms with Crippen LogP contribution in [0.25, 0.3) is 0 Å². The molecule has 1 aromatic rings. The van der Waals surface area contributed by atoms with E-state index in [1.54, 1.807) is 0 Å². The first-order valence-electron chi connectivity index (χ1n) is 4.93. The maximum absolute atomic E-state index is 6.03. The molecular weight excluding hydrogens is 180 g/mol. The molecule has 1 aromatic carbocycles. The summed E-state index contributed by atoms with van der Waals surface area (Å²) in [6, 6.07) is 6.39. The second-order valence-corrected chi connectivity index (χ2v) is 4.23. The van der Waals surface area contributed by atoms with E-state index in [9.17, 15) is 0 Å². The van der Waals surface area contributed by atoms with Crippen molar-refractivity contribution in [2.75, 3.05) is 0 Å². The van der Waals surface area contributed by atoms with Crippen molar-refractivity contribution < 1.29 is 0 Å². The van der Waals surface area contributed by atoms with Crippen LogP contribution in [0.4, 0.5) is 0 Å². The highest BCUT2D eigenvalue weighted by molar-refractivity contribution is 6.30. The van der Waals surface area contributed by atoms with Gasteiger partial charge in [-0.05, 0) is 35.6 Å². The summed E-state index contributed by atoms with van der Waals surface area (Å²) >= 11 is 6.03. The van der Waals surface area contributed by atoms with E-state index in [4.69, 9.17) is 11.6 Å². The van der Waals surface area contributed by atoms with Gasteiger partial charge >= 0.3 is 0 Å². The molecule has 0 aliphatic rings. The van der Waals surface area contributed by atoms with Gasteiger partial charge in [-0.1, -0.05) is 44.9 Å². The van der Waals surface area contributed by atoms with E-state index in [0.717, 1.165) is 11.4 Å². The molecule has 0 spiro atoms. The quantitative estimate of drug-likeness (QED) is 0.672. The number of hydrogen-bond donors (Lipinski definition) is 0. The maximum Gasteiger partial charge on any atom is 0.0411 e. The molecule has 0 bridgehead atoms. The molecule has 0 aliphatic carbocycles. The van der Waals surface area contributed by atoms with Crippen molar-refractivity contribution >= 4 is 11.6 Å². The Balaban J connectivity index is 2.96. The Labute approximate surface area is 85.9 Å². The fraction of sp³-hybridized carbons (Fsp3) is 0.500. The van der Waals surface area contributed by atoms with Crippen LogP contribution in [0.15, 0.2) is 18.2 Å². The van der Waals surface area contributed by atoms with Crippen LogP contribution in [0.3, 0.4) is 0 Å². The first kappa shape index (κ1) is 10.6. The summed E-state index contributed by atoms with van der Waals surface area (Å²) in [4.78, 5) is 0. The number of aryl methyl sites for hydroxylation is 1. The third kappa shape index (κ3) is 3.04. The monoisotopic (exact) mass is 196 g/mol. The molecular formula is C12H17Cl. The lowest BCUT2D eigenvalue weighted by atomic mass is 9.99. The van der Waals surface area contributed by atoms with Crippen molar-refractivity contribution in [1.82, 2.24) is 0 Å². The van der Waals surface area contributed by atoms with E-state index in [0.29, 0.717) is 5.92 Å². The predicted octanol–water partition coefficient (Wildman–Crippen LogP) is 4.42. The molecule has 1 rings (SSSR count). The highest BCUT2D eigenvalue weighted by Crippen LogP contribution is 2.22. The van der Waals surface area contributed by atoms with E-state index in [-0.39, 0.29) is 0 Å². The van der Waals surface area contributed by atoms with Gasteiger partial charge in [0.15, 0.2) is 0 Å². The summed E-state index contributed by atoms with van der Waals surface area (Å²) in [6.07, 6.45) is 2.30. The van der Waals surface area contributed by atoms with Crippen LogP contribution in [0, 0.1) is 0 Å². The first-order chi connectivity index (χ1) is 6.13. The second kappa shape index (κ2) is 4.66. The predicted molar refractivity (Wildman–Crippen MR) is 59.5 cm³/mol. The highest BCUT2D eigenvalue weighted by atomic mass is 35.5. The highest BCUT2D eigenvalue weighted by Gasteiger charge is 2.02. The van der Waals surface area contributed by atoms with Gasteiger partial charge in [-0.2, -0.15) is 0 Å². The molecule has 0 saturated heterocycles. The zero-order valence-electron chi connectivity index (χ0n) is 8.60. The summed E-state index contributed by atoms with van der Waals surface area (Å²) in [7, 11) is 0. The van der Waals surface area contributed by atoms with Gasteiger partial charge in [0.25, 0.3) is 0 Å². The maximum atomic E-state index is 6.03. The molecule has 13 heavy (non-hydrogen) atoms. The van der Waals surface area contributed by atoms with Crippen LogP contribution in [0.2, 0.25) is 5.02 Å². The van der Waals surface area contributed by atoms with E-state index < -0.39 is 0 Å². The van der Waals surface area contributed by atoms with Crippen LogP contribution < -0.4 is 0 Å². The van der Waals surface area contributed by atoms with Gasteiger partial charge in [0.1, 0.15) is 0 Å².